The minimum atomic E-state index is -2.48. The van der Waals surface area contributed by atoms with Gasteiger partial charge in [-0.3, -0.25) is 9.59 Å². The van der Waals surface area contributed by atoms with E-state index in [-0.39, 0.29) is 12.3 Å². The van der Waals surface area contributed by atoms with Crippen LogP contribution in [-0.2, 0) is 25.6 Å². The highest BCUT2D eigenvalue weighted by Gasteiger charge is 2.48. The molecule has 5 N–H and O–H groups in total. The zero-order valence-electron chi connectivity index (χ0n) is 14.2. The lowest BCUT2D eigenvalue weighted by molar-refractivity contribution is -0.161. The van der Waals surface area contributed by atoms with E-state index >= 15 is 0 Å². The molecule has 0 radical (unpaired) electrons. The van der Waals surface area contributed by atoms with E-state index in [1.54, 1.807) is 7.05 Å². The fraction of sp³-hybridized carbons (Fsp3) is 0.375. The van der Waals surface area contributed by atoms with Gasteiger partial charge in [-0.2, -0.15) is 0 Å². The molecule has 25 heavy (non-hydrogen) atoms. The maximum atomic E-state index is 11.6. The van der Waals surface area contributed by atoms with Crippen LogP contribution >= 0.6 is 0 Å². The molecular weight excluding hydrogens is 330 g/mol. The van der Waals surface area contributed by atoms with E-state index in [0.29, 0.717) is 16.9 Å². The fourth-order valence-corrected chi connectivity index (χ4v) is 2.23. The number of carbonyl (C=O) groups excluding carboxylic acids is 2. The van der Waals surface area contributed by atoms with Crippen LogP contribution in [0.2, 0.25) is 0 Å². The van der Waals surface area contributed by atoms with Crippen molar-refractivity contribution in [1.29, 1.82) is 0 Å². The van der Waals surface area contributed by atoms with Crippen LogP contribution in [-0.4, -0.2) is 46.6 Å². The van der Waals surface area contributed by atoms with Crippen molar-refractivity contribution >= 4 is 35.1 Å². The molecule has 0 spiro atoms. The summed E-state index contributed by atoms with van der Waals surface area (Å²) < 4.78 is 0. The molecule has 9 heteroatoms. The van der Waals surface area contributed by atoms with Crippen molar-refractivity contribution in [3.05, 3.63) is 23.8 Å². The Morgan fingerprint density at radius 3 is 2.12 bits per heavy atom. The topological polar surface area (TPSA) is 145 Å². The van der Waals surface area contributed by atoms with Crippen LogP contribution in [0.4, 0.5) is 11.4 Å². The molecule has 0 saturated heterocycles. The molecule has 0 atom stereocenters. The van der Waals surface area contributed by atoms with Crippen molar-refractivity contribution in [1.82, 2.24) is 5.32 Å². The first-order valence-electron chi connectivity index (χ1n) is 7.52. The SMILES string of the molecule is CCC(=O)NC(Cc1ccc(NC(C)=O)c(NC)c1)(C(=O)O)C(=O)O. The third-order valence-electron chi connectivity index (χ3n) is 3.54. The predicted molar refractivity (Wildman–Crippen MR) is 90.4 cm³/mol. The lowest BCUT2D eigenvalue weighted by atomic mass is 9.90. The Kier molecular flexibility index (Phi) is 6.49. The first kappa shape index (κ1) is 19.9. The lowest BCUT2D eigenvalue weighted by Crippen LogP contribution is -2.61. The van der Waals surface area contributed by atoms with Gasteiger partial charge in [0, 0.05) is 26.8 Å². The normalized spacial score (nSPS) is 10.7. The van der Waals surface area contributed by atoms with Crippen LogP contribution in [0, 0.1) is 0 Å². The van der Waals surface area contributed by atoms with Crippen molar-refractivity contribution in [3.8, 4) is 0 Å². The minimum absolute atomic E-state index is 0.0501. The molecule has 0 heterocycles. The average molecular weight is 351 g/mol. The Balaban J connectivity index is 3.28. The van der Waals surface area contributed by atoms with Crippen molar-refractivity contribution in [2.45, 2.75) is 32.2 Å². The monoisotopic (exact) mass is 351 g/mol. The van der Waals surface area contributed by atoms with Crippen LogP contribution < -0.4 is 16.0 Å². The zero-order chi connectivity index (χ0) is 19.2. The van der Waals surface area contributed by atoms with Gasteiger partial charge >= 0.3 is 11.9 Å². The third-order valence-corrected chi connectivity index (χ3v) is 3.54. The van der Waals surface area contributed by atoms with Crippen LogP contribution in [0.5, 0.6) is 0 Å². The van der Waals surface area contributed by atoms with Gasteiger partial charge in [-0.1, -0.05) is 13.0 Å². The smallest absolute Gasteiger partial charge is 0.341 e. The molecule has 0 aliphatic rings. The van der Waals surface area contributed by atoms with Crippen LogP contribution in [0.15, 0.2) is 18.2 Å². The molecule has 1 rings (SSSR count). The van der Waals surface area contributed by atoms with E-state index in [2.05, 4.69) is 16.0 Å². The predicted octanol–water partition coefficient (Wildman–Crippen LogP) is 0.663. The highest BCUT2D eigenvalue weighted by molar-refractivity contribution is 6.06. The summed E-state index contributed by atoms with van der Waals surface area (Å²) in [7, 11) is 1.60. The molecule has 0 saturated carbocycles. The quantitative estimate of drug-likeness (QED) is 0.433. The first-order valence-corrected chi connectivity index (χ1v) is 7.52. The molecule has 1 aromatic carbocycles. The maximum Gasteiger partial charge on any atom is 0.341 e. The summed E-state index contributed by atoms with van der Waals surface area (Å²) in [5.74, 6) is -4.31. The van der Waals surface area contributed by atoms with Gasteiger partial charge in [0.25, 0.3) is 0 Å². The molecule has 0 unspecified atom stereocenters. The number of carboxylic acid groups (broad SMARTS) is 2. The number of amides is 2. The number of aliphatic carboxylic acids is 2. The average Bonchev–Trinajstić information content (AvgIpc) is 2.54. The van der Waals surface area contributed by atoms with E-state index in [1.807, 2.05) is 0 Å². The summed E-state index contributed by atoms with van der Waals surface area (Å²) in [4.78, 5) is 46.0. The Bertz CT molecular complexity index is 687. The highest BCUT2D eigenvalue weighted by atomic mass is 16.4. The number of carboxylic acids is 2. The van der Waals surface area contributed by atoms with Gasteiger partial charge in [0.1, 0.15) is 0 Å². The Labute approximate surface area is 144 Å². The molecule has 0 fully saturated rings. The van der Waals surface area contributed by atoms with Gasteiger partial charge in [-0.15, -0.1) is 0 Å². The van der Waals surface area contributed by atoms with Crippen LogP contribution in [0.3, 0.4) is 0 Å². The number of hydrogen-bond acceptors (Lipinski definition) is 5. The number of anilines is 2. The van der Waals surface area contributed by atoms with Gasteiger partial charge < -0.3 is 26.2 Å². The second-order valence-electron chi connectivity index (χ2n) is 5.41. The second-order valence-corrected chi connectivity index (χ2v) is 5.41. The van der Waals surface area contributed by atoms with Crippen molar-refractivity contribution in [2.75, 3.05) is 17.7 Å². The van der Waals surface area contributed by atoms with E-state index in [0.717, 1.165) is 0 Å². The summed E-state index contributed by atoms with van der Waals surface area (Å²) in [5, 5.41) is 26.4. The van der Waals surface area contributed by atoms with Crippen molar-refractivity contribution in [3.63, 3.8) is 0 Å². The third kappa shape index (κ3) is 4.69. The largest absolute Gasteiger partial charge is 0.479 e. The Hall–Kier alpha value is -3.10. The van der Waals surface area contributed by atoms with Crippen LogP contribution in [0.1, 0.15) is 25.8 Å². The minimum Gasteiger partial charge on any atom is -0.479 e. The number of benzene rings is 1. The summed E-state index contributed by atoms with van der Waals surface area (Å²) in [5.41, 5.74) is -1.17. The van der Waals surface area contributed by atoms with E-state index in [9.17, 15) is 29.4 Å². The molecular formula is C16H21N3O6. The molecule has 0 bridgehead atoms. The molecule has 136 valence electrons. The van der Waals surface area contributed by atoms with Gasteiger partial charge in [-0.25, -0.2) is 9.59 Å². The fourth-order valence-electron chi connectivity index (χ4n) is 2.23. The van der Waals surface area contributed by atoms with E-state index < -0.39 is 29.8 Å². The molecule has 0 aliphatic heterocycles. The molecule has 0 aliphatic carbocycles. The lowest BCUT2D eigenvalue weighted by Gasteiger charge is -2.26. The van der Waals surface area contributed by atoms with E-state index in [1.165, 1.54) is 32.0 Å². The number of nitrogens with one attached hydrogen (secondary N) is 3. The van der Waals surface area contributed by atoms with E-state index in [4.69, 9.17) is 0 Å². The summed E-state index contributed by atoms with van der Waals surface area (Å²) in [6, 6.07) is 4.54. The second kappa shape index (κ2) is 8.13. The number of rotatable bonds is 8. The first-order chi connectivity index (χ1) is 11.7. The van der Waals surface area contributed by atoms with Crippen molar-refractivity contribution < 1.29 is 29.4 Å². The van der Waals surface area contributed by atoms with Gasteiger partial charge in [-0.05, 0) is 17.7 Å². The molecule has 9 nitrogen and oxygen atoms in total. The summed E-state index contributed by atoms with van der Waals surface area (Å²) in [6.07, 6.45) is -0.510. The number of hydrogen-bond donors (Lipinski definition) is 5. The highest BCUT2D eigenvalue weighted by Crippen LogP contribution is 2.25. The van der Waals surface area contributed by atoms with Crippen molar-refractivity contribution in [2.24, 2.45) is 0 Å². The number of carbonyl (C=O) groups is 4. The summed E-state index contributed by atoms with van der Waals surface area (Å²) in [6.45, 7) is 2.83. The standard InChI is InChI=1S/C16H21N3O6/c1-4-13(21)19-16(14(22)23,15(24)25)8-10-5-6-11(18-9(2)20)12(7-10)17-3/h5-7,17H,4,8H2,1-3H3,(H,18,20)(H,19,21)(H,22,23)(H,24,25). The van der Waals surface area contributed by atoms with Gasteiger partial charge in [0.2, 0.25) is 17.4 Å². The molecule has 0 aromatic heterocycles. The molecule has 1 aromatic rings. The molecule has 2 amide bonds. The maximum absolute atomic E-state index is 11.6. The zero-order valence-corrected chi connectivity index (χ0v) is 14.2. The Morgan fingerprint density at radius 2 is 1.68 bits per heavy atom. The van der Waals surface area contributed by atoms with Gasteiger partial charge in [0.15, 0.2) is 0 Å². The summed E-state index contributed by atoms with van der Waals surface area (Å²) >= 11 is 0. The van der Waals surface area contributed by atoms with Crippen LogP contribution in [0.25, 0.3) is 0 Å². The van der Waals surface area contributed by atoms with Gasteiger partial charge in [0.05, 0.1) is 11.4 Å². The Morgan fingerprint density at radius 1 is 1.08 bits per heavy atom.